The summed E-state index contributed by atoms with van der Waals surface area (Å²) in [5, 5.41) is 15.7. The molecular formula is C19H23N3O5. The quantitative estimate of drug-likeness (QED) is 0.657. The predicted molar refractivity (Wildman–Crippen MR) is 96.1 cm³/mol. The number of aromatic nitrogens is 2. The van der Waals surface area contributed by atoms with Crippen molar-refractivity contribution in [1.82, 2.24) is 15.5 Å². The van der Waals surface area contributed by atoms with Gasteiger partial charge in [0.25, 0.3) is 0 Å². The van der Waals surface area contributed by atoms with Gasteiger partial charge in [0.1, 0.15) is 11.8 Å². The van der Waals surface area contributed by atoms with Crippen LogP contribution in [0.2, 0.25) is 0 Å². The van der Waals surface area contributed by atoms with Gasteiger partial charge >= 0.3 is 5.97 Å². The third-order valence-electron chi connectivity index (χ3n) is 4.36. The fourth-order valence-electron chi connectivity index (χ4n) is 2.74. The number of carboxylic acids is 1. The summed E-state index contributed by atoms with van der Waals surface area (Å²) in [5.74, 6) is 0.628. The zero-order valence-electron chi connectivity index (χ0n) is 15.2. The van der Waals surface area contributed by atoms with E-state index < -0.39 is 12.0 Å². The predicted octanol–water partition coefficient (Wildman–Crippen LogP) is 2.44. The van der Waals surface area contributed by atoms with Gasteiger partial charge in [-0.05, 0) is 43.5 Å². The van der Waals surface area contributed by atoms with Crippen LogP contribution >= 0.6 is 0 Å². The van der Waals surface area contributed by atoms with E-state index in [1.807, 2.05) is 31.2 Å². The highest BCUT2D eigenvalue weighted by Gasteiger charge is 2.30. The Balaban J connectivity index is 1.51. The lowest BCUT2D eigenvalue weighted by Crippen LogP contribution is -2.41. The summed E-state index contributed by atoms with van der Waals surface area (Å²) in [4.78, 5) is 27.5. The van der Waals surface area contributed by atoms with Gasteiger partial charge in [-0.25, -0.2) is 4.79 Å². The molecule has 8 heteroatoms. The molecule has 1 unspecified atom stereocenters. The van der Waals surface area contributed by atoms with E-state index in [-0.39, 0.29) is 18.7 Å². The average molecular weight is 373 g/mol. The fraction of sp³-hybridized carbons (Fsp3) is 0.474. The fourth-order valence-corrected chi connectivity index (χ4v) is 2.74. The topological polar surface area (TPSA) is 115 Å². The summed E-state index contributed by atoms with van der Waals surface area (Å²) in [6.07, 6.45) is 2.92. The molecule has 0 bridgehead atoms. The van der Waals surface area contributed by atoms with Gasteiger partial charge in [-0.3, -0.25) is 4.79 Å². The van der Waals surface area contributed by atoms with Crippen LogP contribution in [0.5, 0.6) is 5.75 Å². The van der Waals surface area contributed by atoms with E-state index >= 15 is 0 Å². The van der Waals surface area contributed by atoms with Crippen LogP contribution in [0.4, 0.5) is 0 Å². The Hall–Kier alpha value is -2.90. The maximum absolute atomic E-state index is 12.0. The molecule has 1 aromatic heterocycles. The van der Waals surface area contributed by atoms with Crippen LogP contribution in [0.25, 0.3) is 11.4 Å². The molecule has 3 rings (SSSR count). The Morgan fingerprint density at radius 2 is 2.07 bits per heavy atom. The van der Waals surface area contributed by atoms with Gasteiger partial charge in [0.2, 0.25) is 17.6 Å². The summed E-state index contributed by atoms with van der Waals surface area (Å²) in [7, 11) is 0. The number of carbonyl (C=O) groups is 2. The van der Waals surface area contributed by atoms with Gasteiger partial charge in [-0.2, -0.15) is 4.98 Å². The third-order valence-corrected chi connectivity index (χ3v) is 4.36. The maximum Gasteiger partial charge on any atom is 0.326 e. The van der Waals surface area contributed by atoms with Crippen molar-refractivity contribution in [3.8, 4) is 17.1 Å². The first kappa shape index (κ1) is 18.9. The van der Waals surface area contributed by atoms with Crippen LogP contribution in [0.15, 0.2) is 28.8 Å². The van der Waals surface area contributed by atoms with Crippen molar-refractivity contribution in [3.63, 3.8) is 0 Å². The highest BCUT2D eigenvalue weighted by molar-refractivity contribution is 5.83. The smallest absolute Gasteiger partial charge is 0.326 e. The van der Waals surface area contributed by atoms with E-state index in [9.17, 15) is 14.7 Å². The van der Waals surface area contributed by atoms with Crippen LogP contribution in [-0.4, -0.2) is 39.8 Å². The highest BCUT2D eigenvalue weighted by atomic mass is 16.5. The number of hydrogen-bond acceptors (Lipinski definition) is 6. The zero-order valence-corrected chi connectivity index (χ0v) is 15.2. The van der Waals surface area contributed by atoms with Gasteiger partial charge in [-0.1, -0.05) is 18.0 Å². The van der Waals surface area contributed by atoms with E-state index in [0.717, 1.165) is 24.2 Å². The zero-order chi connectivity index (χ0) is 19.2. The van der Waals surface area contributed by atoms with Crippen LogP contribution in [0, 0.1) is 5.92 Å². The number of benzene rings is 1. The van der Waals surface area contributed by atoms with Crippen molar-refractivity contribution < 1.29 is 24.0 Å². The van der Waals surface area contributed by atoms with Gasteiger partial charge in [0.15, 0.2) is 0 Å². The minimum atomic E-state index is -0.995. The lowest BCUT2D eigenvalue weighted by Gasteiger charge is -2.13. The Bertz CT molecular complexity index is 783. The third kappa shape index (κ3) is 5.54. The second-order valence-electron chi connectivity index (χ2n) is 6.61. The number of rotatable bonds is 10. The molecule has 1 heterocycles. The molecule has 0 spiro atoms. The molecular weight excluding hydrogens is 350 g/mol. The Kier molecular flexibility index (Phi) is 6.05. The summed E-state index contributed by atoms with van der Waals surface area (Å²) >= 11 is 0. The highest BCUT2D eigenvalue weighted by Crippen LogP contribution is 2.33. The molecule has 1 amide bonds. The van der Waals surface area contributed by atoms with Crippen molar-refractivity contribution >= 4 is 11.9 Å². The maximum atomic E-state index is 12.0. The Morgan fingerprint density at radius 1 is 1.33 bits per heavy atom. The Labute approximate surface area is 156 Å². The SMILES string of the molecule is CCOc1ccc(-c2noc(CCC(=O)NC(CC3CC3)C(=O)O)n2)cc1. The van der Waals surface area contributed by atoms with Crippen molar-refractivity contribution in [2.24, 2.45) is 5.92 Å². The van der Waals surface area contributed by atoms with E-state index in [2.05, 4.69) is 15.5 Å². The van der Waals surface area contributed by atoms with E-state index in [1.165, 1.54) is 0 Å². The lowest BCUT2D eigenvalue weighted by molar-refractivity contribution is -0.142. The van der Waals surface area contributed by atoms with E-state index in [0.29, 0.717) is 30.7 Å². The van der Waals surface area contributed by atoms with Crippen LogP contribution in [0.1, 0.15) is 38.5 Å². The first-order valence-corrected chi connectivity index (χ1v) is 9.13. The molecule has 0 radical (unpaired) electrons. The number of hydrogen-bond donors (Lipinski definition) is 2. The van der Waals surface area contributed by atoms with Crippen molar-refractivity contribution in [3.05, 3.63) is 30.2 Å². The molecule has 2 N–H and O–H groups in total. The molecule has 1 aliphatic rings. The number of nitrogens with one attached hydrogen (secondary N) is 1. The molecule has 2 aromatic rings. The second-order valence-corrected chi connectivity index (χ2v) is 6.61. The first-order valence-electron chi connectivity index (χ1n) is 9.13. The molecule has 144 valence electrons. The molecule has 1 atom stereocenters. The molecule has 27 heavy (non-hydrogen) atoms. The van der Waals surface area contributed by atoms with E-state index in [4.69, 9.17) is 9.26 Å². The molecule has 1 fully saturated rings. The lowest BCUT2D eigenvalue weighted by atomic mass is 10.1. The second kappa shape index (κ2) is 8.66. The van der Waals surface area contributed by atoms with Gasteiger partial charge in [0.05, 0.1) is 6.61 Å². The normalized spacial score (nSPS) is 14.6. The Morgan fingerprint density at radius 3 is 2.70 bits per heavy atom. The summed E-state index contributed by atoms with van der Waals surface area (Å²) in [6.45, 7) is 2.51. The summed E-state index contributed by atoms with van der Waals surface area (Å²) in [6, 6.07) is 6.50. The number of carbonyl (C=O) groups excluding carboxylic acids is 1. The molecule has 1 saturated carbocycles. The monoisotopic (exact) mass is 373 g/mol. The molecule has 0 aliphatic heterocycles. The molecule has 0 saturated heterocycles. The van der Waals surface area contributed by atoms with Crippen molar-refractivity contribution in [2.45, 2.75) is 45.1 Å². The molecule has 1 aliphatic carbocycles. The van der Waals surface area contributed by atoms with Crippen LogP contribution < -0.4 is 10.1 Å². The number of ether oxygens (including phenoxy) is 1. The number of aliphatic carboxylic acids is 1. The minimum Gasteiger partial charge on any atom is -0.494 e. The van der Waals surface area contributed by atoms with Crippen molar-refractivity contribution in [2.75, 3.05) is 6.61 Å². The van der Waals surface area contributed by atoms with Gasteiger partial charge < -0.3 is 19.7 Å². The van der Waals surface area contributed by atoms with Crippen molar-refractivity contribution in [1.29, 1.82) is 0 Å². The van der Waals surface area contributed by atoms with Gasteiger partial charge in [0, 0.05) is 18.4 Å². The van der Waals surface area contributed by atoms with Crippen LogP contribution in [-0.2, 0) is 16.0 Å². The standard InChI is InChI=1S/C19H23N3O5/c1-2-26-14-7-5-13(6-8-14)18-21-17(27-22-18)10-9-16(23)20-15(19(24)25)11-12-3-4-12/h5-8,12,15H,2-4,9-11H2,1H3,(H,20,23)(H,24,25). The molecule has 1 aromatic carbocycles. The number of nitrogens with zero attached hydrogens (tertiary/aromatic N) is 2. The number of aryl methyl sites for hydroxylation is 1. The summed E-state index contributed by atoms with van der Waals surface area (Å²) < 4.78 is 10.6. The average Bonchev–Trinajstić information content (AvgIpc) is 3.34. The molecule has 8 nitrogen and oxygen atoms in total. The van der Waals surface area contributed by atoms with E-state index in [1.54, 1.807) is 0 Å². The largest absolute Gasteiger partial charge is 0.494 e. The first-order chi connectivity index (χ1) is 13.0. The minimum absolute atomic E-state index is 0.0966. The van der Waals surface area contributed by atoms with Gasteiger partial charge in [-0.15, -0.1) is 0 Å². The number of carboxylic acid groups (broad SMARTS) is 1. The number of amides is 1. The summed E-state index contributed by atoms with van der Waals surface area (Å²) in [5.41, 5.74) is 0.785. The van der Waals surface area contributed by atoms with Crippen LogP contribution in [0.3, 0.4) is 0 Å².